The maximum absolute atomic E-state index is 4.43. The molecule has 0 spiro atoms. The summed E-state index contributed by atoms with van der Waals surface area (Å²) in [5.41, 5.74) is 6.70. The second-order valence-corrected chi connectivity index (χ2v) is 8.89. The summed E-state index contributed by atoms with van der Waals surface area (Å²) in [5, 5.41) is 5.08. The maximum atomic E-state index is 4.43. The van der Waals surface area contributed by atoms with Gasteiger partial charge in [0.25, 0.3) is 0 Å². The Hall–Kier alpha value is -3.50. The number of halogens is 2. The summed E-state index contributed by atoms with van der Waals surface area (Å²) >= 11 is 0. The molecule has 0 fully saturated rings. The van der Waals surface area contributed by atoms with E-state index in [1.165, 1.54) is 32.9 Å². The van der Waals surface area contributed by atoms with E-state index < -0.39 is 0 Å². The number of fused-ring (bicyclic) bond motifs is 4. The average Bonchev–Trinajstić information content (AvgIpc) is 3.71. The monoisotopic (exact) mass is 622 g/mol. The Bertz CT molecular complexity index is 1770. The van der Waals surface area contributed by atoms with Gasteiger partial charge in [0.15, 0.2) is 0 Å². The topological polar surface area (TPSA) is 35.6 Å². The number of hydrogen-bond acceptors (Lipinski definition) is 2. The predicted octanol–water partition coefficient (Wildman–Crippen LogP) is 1.80. The van der Waals surface area contributed by atoms with Crippen LogP contribution >= 0.6 is 0 Å². The van der Waals surface area contributed by atoms with E-state index in [2.05, 4.69) is 104 Å². The van der Waals surface area contributed by atoms with E-state index in [4.69, 9.17) is 0 Å². The first-order valence-electron chi connectivity index (χ1n) is 12.0. The molecule has 8 aromatic rings. The molecule has 0 bridgehead atoms. The summed E-state index contributed by atoms with van der Waals surface area (Å²) in [6.07, 6.45) is 3.78. The largest absolute Gasteiger partial charge is 4.00 e. The second kappa shape index (κ2) is 12.1. The summed E-state index contributed by atoms with van der Waals surface area (Å²) in [5.74, 6) is 0. The van der Waals surface area contributed by atoms with Crippen molar-refractivity contribution in [3.05, 3.63) is 134 Å². The molecule has 0 unspecified atom stereocenters. The van der Waals surface area contributed by atoms with Gasteiger partial charge in [-0.1, -0.05) is 36.4 Å². The molecule has 0 aliphatic carbocycles. The fourth-order valence-corrected chi connectivity index (χ4v) is 4.88. The van der Waals surface area contributed by atoms with Gasteiger partial charge in [0, 0.05) is 0 Å². The Kier molecular flexibility index (Phi) is 8.87. The average molecular weight is 625 g/mol. The number of para-hydroxylation sites is 4. The molecule has 0 aliphatic heterocycles. The molecular formula is C32H22Cl2N4Zr. The summed E-state index contributed by atoms with van der Waals surface area (Å²) in [7, 11) is 0. The van der Waals surface area contributed by atoms with Crippen molar-refractivity contribution in [3.63, 3.8) is 0 Å². The minimum absolute atomic E-state index is 0. The third kappa shape index (κ3) is 5.36. The van der Waals surface area contributed by atoms with Crippen molar-refractivity contribution in [3.8, 4) is 11.4 Å². The van der Waals surface area contributed by atoms with Crippen molar-refractivity contribution >= 4 is 43.6 Å². The molecule has 2 aromatic heterocycles. The van der Waals surface area contributed by atoms with Crippen LogP contribution in [0.5, 0.6) is 0 Å². The Morgan fingerprint density at radius 3 is 1.31 bits per heavy atom. The normalized spacial score (nSPS) is 10.5. The summed E-state index contributed by atoms with van der Waals surface area (Å²) in [6.45, 7) is 0. The molecule has 0 saturated heterocycles. The smallest absolute Gasteiger partial charge is 1.00 e. The molecule has 6 aromatic carbocycles. The number of nitrogens with zero attached hydrogens (tertiary/aromatic N) is 4. The van der Waals surface area contributed by atoms with E-state index in [-0.39, 0.29) is 51.0 Å². The zero-order chi connectivity index (χ0) is 23.9. The van der Waals surface area contributed by atoms with Crippen LogP contribution in [-0.4, -0.2) is 19.1 Å². The van der Waals surface area contributed by atoms with Gasteiger partial charge in [0.05, 0.1) is 34.7 Å². The first-order chi connectivity index (χ1) is 17.8. The predicted molar refractivity (Wildman–Crippen MR) is 148 cm³/mol. The summed E-state index contributed by atoms with van der Waals surface area (Å²) < 4.78 is 4.27. The Balaban J connectivity index is 0.000000168. The third-order valence-electron chi connectivity index (χ3n) is 6.67. The van der Waals surface area contributed by atoms with Gasteiger partial charge in [-0.25, -0.2) is 9.97 Å². The molecule has 0 atom stereocenters. The first-order valence-corrected chi connectivity index (χ1v) is 12.0. The van der Waals surface area contributed by atoms with Crippen LogP contribution in [0, 0.1) is 0 Å². The van der Waals surface area contributed by atoms with E-state index in [1.54, 1.807) is 0 Å². The van der Waals surface area contributed by atoms with Crippen molar-refractivity contribution in [2.75, 3.05) is 0 Å². The zero-order valence-electron chi connectivity index (χ0n) is 20.7. The van der Waals surface area contributed by atoms with Crippen molar-refractivity contribution in [1.82, 2.24) is 19.1 Å². The van der Waals surface area contributed by atoms with Crippen LogP contribution in [0.1, 0.15) is 0 Å². The molecular weight excluding hydrogens is 603 g/mol. The van der Waals surface area contributed by atoms with Gasteiger partial charge in [-0.15, -0.1) is 82.2 Å². The van der Waals surface area contributed by atoms with Crippen molar-refractivity contribution < 1.29 is 51.0 Å². The van der Waals surface area contributed by atoms with Gasteiger partial charge >= 0.3 is 26.2 Å². The Labute approximate surface area is 257 Å². The van der Waals surface area contributed by atoms with E-state index in [0.29, 0.717) is 0 Å². The Morgan fingerprint density at radius 2 is 0.872 bits per heavy atom. The molecule has 7 heteroatoms. The van der Waals surface area contributed by atoms with Gasteiger partial charge in [0.2, 0.25) is 0 Å². The number of imidazole rings is 2. The third-order valence-corrected chi connectivity index (χ3v) is 6.67. The number of aromatic nitrogens is 4. The molecule has 2 heterocycles. The van der Waals surface area contributed by atoms with Gasteiger partial charge in [-0.2, -0.15) is 0 Å². The van der Waals surface area contributed by atoms with E-state index in [0.717, 1.165) is 22.1 Å². The van der Waals surface area contributed by atoms with Crippen LogP contribution < -0.4 is 24.8 Å². The van der Waals surface area contributed by atoms with E-state index >= 15 is 0 Å². The van der Waals surface area contributed by atoms with Gasteiger partial charge in [-0.3, -0.25) is 0 Å². The molecule has 4 nitrogen and oxygen atoms in total. The van der Waals surface area contributed by atoms with Crippen LogP contribution in [0.4, 0.5) is 0 Å². The van der Waals surface area contributed by atoms with E-state index in [9.17, 15) is 0 Å². The molecule has 0 amide bonds. The van der Waals surface area contributed by atoms with Crippen LogP contribution in [0.15, 0.2) is 134 Å². The minimum atomic E-state index is 0. The van der Waals surface area contributed by atoms with Crippen LogP contribution in [0.3, 0.4) is 0 Å². The van der Waals surface area contributed by atoms with Crippen molar-refractivity contribution in [1.29, 1.82) is 0 Å². The maximum Gasteiger partial charge on any atom is 4.00 e. The molecule has 0 aliphatic rings. The molecule has 0 saturated carbocycles. The van der Waals surface area contributed by atoms with E-state index in [1.807, 2.05) is 49.1 Å². The fourth-order valence-electron chi connectivity index (χ4n) is 4.88. The van der Waals surface area contributed by atoms with Crippen LogP contribution in [0.25, 0.3) is 55.0 Å². The summed E-state index contributed by atoms with van der Waals surface area (Å²) in [6, 6.07) is 42.0. The quantitative estimate of drug-likeness (QED) is 0.275. The SMILES string of the molecule is [Cl-].[Cl-].[Zr+4].c1ccc2[cH-]c(-n3cnc4ccccc43)cc2c1.c1ccc2[cH-]c(-n3cnc4ccccc43)cc2c1. The van der Waals surface area contributed by atoms with Gasteiger partial charge in [0.1, 0.15) is 0 Å². The second-order valence-electron chi connectivity index (χ2n) is 8.89. The molecule has 0 N–H and O–H groups in total. The zero-order valence-corrected chi connectivity index (χ0v) is 24.7. The number of hydrogen-bond donors (Lipinski definition) is 0. The van der Waals surface area contributed by atoms with Gasteiger partial charge in [-0.05, 0) is 35.6 Å². The molecule has 39 heavy (non-hydrogen) atoms. The van der Waals surface area contributed by atoms with Crippen LogP contribution in [-0.2, 0) is 26.2 Å². The number of benzene rings is 4. The van der Waals surface area contributed by atoms with Crippen molar-refractivity contribution in [2.24, 2.45) is 0 Å². The minimum Gasteiger partial charge on any atom is -1.00 e. The summed E-state index contributed by atoms with van der Waals surface area (Å²) in [4.78, 5) is 8.86. The fraction of sp³-hybridized carbons (Fsp3) is 0. The Morgan fingerprint density at radius 1 is 0.487 bits per heavy atom. The van der Waals surface area contributed by atoms with Crippen LogP contribution in [0.2, 0.25) is 0 Å². The molecule has 8 rings (SSSR count). The first kappa shape index (κ1) is 28.5. The number of rotatable bonds is 2. The molecule has 188 valence electrons. The molecule has 0 radical (unpaired) electrons. The van der Waals surface area contributed by atoms with Gasteiger partial charge < -0.3 is 33.9 Å². The van der Waals surface area contributed by atoms with Crippen molar-refractivity contribution in [2.45, 2.75) is 0 Å². The standard InChI is InChI=1S/2C16H11N2.2ClH.Zr/c2*1-2-6-13-10-14(9-12(13)5-1)18-11-17-15-7-3-4-8-16(15)18;;;/h2*1-11H;2*1H;/q2*-1;;;+4/p-2.